The van der Waals surface area contributed by atoms with E-state index in [1.807, 2.05) is 6.92 Å². The van der Waals surface area contributed by atoms with Crippen LogP contribution in [0.25, 0.3) is 0 Å². The van der Waals surface area contributed by atoms with E-state index in [4.69, 9.17) is 15.2 Å². The first kappa shape index (κ1) is 22.5. The van der Waals surface area contributed by atoms with Gasteiger partial charge in [0, 0.05) is 19.1 Å². The van der Waals surface area contributed by atoms with Crippen LogP contribution < -0.4 is 15.2 Å². The molecule has 2 N–H and O–H groups in total. The Morgan fingerprint density at radius 3 is 1.89 bits per heavy atom. The lowest BCUT2D eigenvalue weighted by atomic mass is 9.92. The largest absolute Gasteiger partial charge is 0.497 e. The average Bonchev–Trinajstić information content (AvgIpc) is 2.69. The number of hydrogen-bond donors (Lipinski definition) is 1. The fraction of sp³-hybridized carbons (Fsp3) is 0.400. The lowest BCUT2D eigenvalue weighted by Gasteiger charge is -2.32. The van der Waals surface area contributed by atoms with Crippen LogP contribution in [0, 0.1) is 5.92 Å². The summed E-state index contributed by atoms with van der Waals surface area (Å²) in [6.45, 7) is 3.01. The third-order valence-corrected chi connectivity index (χ3v) is 6.91. The topological polar surface area (TPSA) is 81.9 Å². The zero-order valence-corrected chi connectivity index (χ0v) is 17.7. The van der Waals surface area contributed by atoms with Crippen molar-refractivity contribution in [2.45, 2.75) is 30.7 Å². The molecule has 2 aromatic carbocycles. The second-order valence-electron chi connectivity index (χ2n) is 6.85. The van der Waals surface area contributed by atoms with E-state index in [1.54, 1.807) is 59.9 Å². The van der Waals surface area contributed by atoms with Gasteiger partial charge >= 0.3 is 0 Å². The van der Waals surface area contributed by atoms with Crippen LogP contribution in [0.4, 0.5) is 0 Å². The van der Waals surface area contributed by atoms with E-state index in [1.165, 1.54) is 0 Å². The van der Waals surface area contributed by atoms with Crippen LogP contribution in [0.5, 0.6) is 17.2 Å². The number of halogens is 1. The van der Waals surface area contributed by atoms with E-state index in [0.29, 0.717) is 30.5 Å². The molecule has 2 aromatic rings. The highest BCUT2D eigenvalue weighted by Gasteiger charge is 2.30. The van der Waals surface area contributed by atoms with E-state index in [9.17, 15) is 8.42 Å². The maximum Gasteiger partial charge on any atom is 0.243 e. The molecular formula is C20H27ClN2O4S. The summed E-state index contributed by atoms with van der Waals surface area (Å²) in [5, 5.41) is 0. The molecule has 8 heteroatoms. The molecule has 1 aliphatic heterocycles. The van der Waals surface area contributed by atoms with Crippen LogP contribution in [0.15, 0.2) is 53.4 Å². The highest BCUT2D eigenvalue weighted by atomic mass is 35.5. The van der Waals surface area contributed by atoms with Gasteiger partial charge in [-0.15, -0.1) is 12.4 Å². The van der Waals surface area contributed by atoms with Crippen LogP contribution in [0.3, 0.4) is 0 Å². The van der Waals surface area contributed by atoms with Gasteiger partial charge in [-0.25, -0.2) is 8.42 Å². The number of nitrogens with zero attached hydrogens (tertiary/aromatic N) is 1. The molecule has 0 saturated carbocycles. The third kappa shape index (κ3) is 5.17. The number of methoxy groups -OCH3 is 1. The zero-order valence-electron chi connectivity index (χ0n) is 16.1. The van der Waals surface area contributed by atoms with Gasteiger partial charge in [-0.3, -0.25) is 0 Å². The van der Waals surface area contributed by atoms with E-state index < -0.39 is 10.0 Å². The molecule has 0 aliphatic carbocycles. The highest BCUT2D eigenvalue weighted by Crippen LogP contribution is 2.28. The number of hydrogen-bond acceptors (Lipinski definition) is 5. The van der Waals surface area contributed by atoms with Gasteiger partial charge in [0.15, 0.2) is 0 Å². The van der Waals surface area contributed by atoms with E-state index in [2.05, 4.69) is 0 Å². The second kappa shape index (κ2) is 9.60. The van der Waals surface area contributed by atoms with Crippen LogP contribution in [0.2, 0.25) is 0 Å². The van der Waals surface area contributed by atoms with Crippen molar-refractivity contribution in [3.8, 4) is 17.2 Å². The van der Waals surface area contributed by atoms with Crippen LogP contribution in [-0.4, -0.2) is 39.0 Å². The Labute approximate surface area is 173 Å². The SMILES string of the molecule is COc1ccc(Oc2ccc(S(=O)(=O)N3CCC(C(C)N)CC3)cc2)cc1.Cl. The molecule has 1 unspecified atom stereocenters. The Balaban J connectivity index is 0.00000280. The predicted molar refractivity (Wildman–Crippen MR) is 112 cm³/mol. The Bertz CT molecular complexity index is 847. The zero-order chi connectivity index (χ0) is 19.4. The Morgan fingerprint density at radius 1 is 0.964 bits per heavy atom. The smallest absolute Gasteiger partial charge is 0.243 e. The average molecular weight is 427 g/mol. The molecule has 0 bridgehead atoms. The van der Waals surface area contributed by atoms with Crippen molar-refractivity contribution in [3.63, 3.8) is 0 Å². The summed E-state index contributed by atoms with van der Waals surface area (Å²) >= 11 is 0. The number of sulfonamides is 1. The first-order chi connectivity index (χ1) is 12.9. The van der Waals surface area contributed by atoms with Gasteiger partial charge in [0.25, 0.3) is 0 Å². The van der Waals surface area contributed by atoms with Crippen LogP contribution in [0.1, 0.15) is 19.8 Å². The maximum absolute atomic E-state index is 12.8. The molecule has 0 aromatic heterocycles. The molecule has 0 spiro atoms. The predicted octanol–water partition coefficient (Wildman–Crippen LogP) is 3.66. The molecule has 1 heterocycles. The molecule has 1 fully saturated rings. The normalized spacial score (nSPS) is 16.8. The number of rotatable bonds is 6. The fourth-order valence-electron chi connectivity index (χ4n) is 3.25. The molecule has 0 radical (unpaired) electrons. The van der Waals surface area contributed by atoms with Gasteiger partial charge in [-0.05, 0) is 74.2 Å². The summed E-state index contributed by atoms with van der Waals surface area (Å²) in [4.78, 5) is 0.281. The van der Waals surface area contributed by atoms with Crippen LogP contribution in [-0.2, 0) is 10.0 Å². The van der Waals surface area contributed by atoms with Crippen molar-refractivity contribution in [1.82, 2.24) is 4.31 Å². The highest BCUT2D eigenvalue weighted by molar-refractivity contribution is 7.89. The van der Waals surface area contributed by atoms with Crippen molar-refractivity contribution < 1.29 is 17.9 Å². The molecule has 1 atom stereocenters. The molecule has 1 aliphatic rings. The van der Waals surface area contributed by atoms with Crippen LogP contribution >= 0.6 is 12.4 Å². The molecule has 6 nitrogen and oxygen atoms in total. The third-order valence-electron chi connectivity index (χ3n) is 5.00. The summed E-state index contributed by atoms with van der Waals surface area (Å²) in [5.74, 6) is 2.37. The van der Waals surface area contributed by atoms with Gasteiger partial charge in [-0.1, -0.05) is 0 Å². The molecular weight excluding hydrogens is 400 g/mol. The summed E-state index contributed by atoms with van der Waals surface area (Å²) in [6.07, 6.45) is 1.60. The van der Waals surface area contributed by atoms with Crippen molar-refractivity contribution in [2.24, 2.45) is 11.7 Å². The van der Waals surface area contributed by atoms with Gasteiger partial charge in [0.2, 0.25) is 10.0 Å². The standard InChI is InChI=1S/C20H26N2O4S.ClH/c1-15(21)16-11-13-22(14-12-16)27(23,24)20-9-7-19(8-10-20)26-18-5-3-17(25-2)4-6-18;/h3-10,15-16H,11-14,21H2,1-2H3;1H. The molecule has 154 valence electrons. The minimum Gasteiger partial charge on any atom is -0.497 e. The Kier molecular flexibility index (Phi) is 7.71. The minimum absolute atomic E-state index is 0. The van der Waals surface area contributed by atoms with Crippen molar-refractivity contribution in [2.75, 3.05) is 20.2 Å². The lowest BCUT2D eigenvalue weighted by Crippen LogP contribution is -2.42. The first-order valence-electron chi connectivity index (χ1n) is 9.08. The summed E-state index contributed by atoms with van der Waals surface area (Å²) < 4.78 is 38.1. The van der Waals surface area contributed by atoms with Gasteiger partial charge < -0.3 is 15.2 Å². The Morgan fingerprint density at radius 2 is 1.43 bits per heavy atom. The fourth-order valence-corrected chi connectivity index (χ4v) is 4.72. The molecule has 3 rings (SSSR count). The quantitative estimate of drug-likeness (QED) is 0.762. The second-order valence-corrected chi connectivity index (χ2v) is 8.79. The number of ether oxygens (including phenoxy) is 2. The maximum atomic E-state index is 12.8. The van der Waals surface area contributed by atoms with Crippen molar-refractivity contribution in [3.05, 3.63) is 48.5 Å². The van der Waals surface area contributed by atoms with E-state index in [0.717, 1.165) is 18.6 Å². The van der Waals surface area contributed by atoms with Gasteiger partial charge in [-0.2, -0.15) is 4.31 Å². The lowest BCUT2D eigenvalue weighted by molar-refractivity contribution is 0.250. The Hall–Kier alpha value is -1.80. The van der Waals surface area contributed by atoms with Crippen molar-refractivity contribution >= 4 is 22.4 Å². The first-order valence-corrected chi connectivity index (χ1v) is 10.5. The summed E-state index contributed by atoms with van der Waals surface area (Å²) in [5.41, 5.74) is 5.94. The van der Waals surface area contributed by atoms with Crippen molar-refractivity contribution in [1.29, 1.82) is 0 Å². The molecule has 28 heavy (non-hydrogen) atoms. The van der Waals surface area contributed by atoms with Gasteiger partial charge in [0.1, 0.15) is 17.2 Å². The monoisotopic (exact) mass is 426 g/mol. The summed E-state index contributed by atoms with van der Waals surface area (Å²) in [6, 6.07) is 13.8. The van der Waals surface area contributed by atoms with Gasteiger partial charge in [0.05, 0.1) is 12.0 Å². The van der Waals surface area contributed by atoms with E-state index >= 15 is 0 Å². The minimum atomic E-state index is -3.49. The van der Waals surface area contributed by atoms with E-state index in [-0.39, 0.29) is 23.3 Å². The number of piperidine rings is 1. The number of nitrogens with two attached hydrogens (primary N) is 1. The molecule has 1 saturated heterocycles. The molecule has 0 amide bonds. The summed E-state index contributed by atoms with van der Waals surface area (Å²) in [7, 11) is -1.88. The number of benzene rings is 2.